The van der Waals surface area contributed by atoms with E-state index in [1.54, 1.807) is 18.3 Å². The summed E-state index contributed by atoms with van der Waals surface area (Å²) in [7, 11) is 0. The first kappa shape index (κ1) is 16.7. The monoisotopic (exact) mass is 331 g/mol. The van der Waals surface area contributed by atoms with Crippen molar-refractivity contribution in [1.82, 2.24) is 4.98 Å². The summed E-state index contributed by atoms with van der Waals surface area (Å²) in [5, 5.41) is 6.13. The molecule has 4 heteroatoms. The number of hydrogen-bond acceptors (Lipinski definition) is 3. The maximum absolute atomic E-state index is 12.3. The van der Waals surface area contributed by atoms with Crippen molar-refractivity contribution in [3.8, 4) is 0 Å². The summed E-state index contributed by atoms with van der Waals surface area (Å²) in [4.78, 5) is 16.6. The van der Waals surface area contributed by atoms with Crippen LogP contribution in [0.1, 0.15) is 28.4 Å². The summed E-state index contributed by atoms with van der Waals surface area (Å²) in [5.74, 6) is 0.376. The Balaban J connectivity index is 1.65. The maximum atomic E-state index is 12.3. The van der Waals surface area contributed by atoms with Gasteiger partial charge in [0.2, 0.25) is 0 Å². The molecule has 1 amide bonds. The lowest BCUT2D eigenvalue weighted by molar-refractivity contribution is 0.102. The summed E-state index contributed by atoms with van der Waals surface area (Å²) in [6.45, 7) is 4.05. The fourth-order valence-corrected chi connectivity index (χ4v) is 2.54. The van der Waals surface area contributed by atoms with Crippen LogP contribution in [0.3, 0.4) is 0 Å². The van der Waals surface area contributed by atoms with Crippen LogP contribution in [0.25, 0.3) is 0 Å². The van der Waals surface area contributed by atoms with Crippen LogP contribution in [0, 0.1) is 6.92 Å². The average molecular weight is 331 g/mol. The highest BCUT2D eigenvalue weighted by molar-refractivity contribution is 6.04. The molecule has 0 aliphatic heterocycles. The molecule has 0 atom stereocenters. The molecule has 4 nitrogen and oxygen atoms in total. The van der Waals surface area contributed by atoms with Gasteiger partial charge in [0, 0.05) is 11.3 Å². The van der Waals surface area contributed by atoms with Gasteiger partial charge in [0.15, 0.2) is 0 Å². The predicted molar refractivity (Wildman–Crippen MR) is 102 cm³/mol. The molecule has 0 saturated heterocycles. The Morgan fingerprint density at radius 3 is 2.32 bits per heavy atom. The van der Waals surface area contributed by atoms with E-state index in [1.165, 1.54) is 5.56 Å². The van der Waals surface area contributed by atoms with Crippen LogP contribution >= 0.6 is 0 Å². The van der Waals surface area contributed by atoms with Gasteiger partial charge in [-0.05, 0) is 54.8 Å². The molecule has 0 spiro atoms. The Labute approximate surface area is 147 Å². The summed E-state index contributed by atoms with van der Waals surface area (Å²) in [6.07, 6.45) is 2.73. The topological polar surface area (TPSA) is 54.0 Å². The molecule has 0 bridgehead atoms. The number of carbonyl (C=O) groups is 1. The van der Waals surface area contributed by atoms with Crippen molar-refractivity contribution < 1.29 is 4.79 Å². The van der Waals surface area contributed by atoms with E-state index in [0.29, 0.717) is 11.4 Å². The number of anilines is 3. The molecule has 1 aromatic heterocycles. The Bertz CT molecular complexity index is 855. The zero-order valence-electron chi connectivity index (χ0n) is 14.4. The second-order valence-electron chi connectivity index (χ2n) is 5.88. The lowest BCUT2D eigenvalue weighted by Gasteiger charge is -2.09. The molecular formula is C21H21N3O. The molecule has 2 N–H and O–H groups in total. The van der Waals surface area contributed by atoms with E-state index in [1.807, 2.05) is 43.3 Å². The third kappa shape index (κ3) is 4.23. The van der Waals surface area contributed by atoms with Crippen molar-refractivity contribution in [2.24, 2.45) is 0 Å². The minimum Gasteiger partial charge on any atom is -0.354 e. The van der Waals surface area contributed by atoms with Gasteiger partial charge in [-0.15, -0.1) is 0 Å². The third-order valence-electron chi connectivity index (χ3n) is 4.05. The van der Waals surface area contributed by atoms with Crippen LogP contribution in [0.15, 0.2) is 66.9 Å². The molecular weight excluding hydrogens is 310 g/mol. The number of aromatic nitrogens is 1. The summed E-state index contributed by atoms with van der Waals surface area (Å²) in [6, 6.07) is 19.5. The first-order chi connectivity index (χ1) is 12.2. The van der Waals surface area contributed by atoms with E-state index in [0.717, 1.165) is 23.4 Å². The number of nitrogens with zero attached hydrogens (tertiary/aromatic N) is 1. The minimum atomic E-state index is -0.151. The van der Waals surface area contributed by atoms with Crippen molar-refractivity contribution in [3.05, 3.63) is 83.6 Å². The highest BCUT2D eigenvalue weighted by Gasteiger charge is 2.09. The number of aryl methyl sites for hydroxylation is 2. The summed E-state index contributed by atoms with van der Waals surface area (Å²) < 4.78 is 0. The summed E-state index contributed by atoms with van der Waals surface area (Å²) >= 11 is 0. The highest BCUT2D eigenvalue weighted by atomic mass is 16.1. The normalized spacial score (nSPS) is 10.3. The van der Waals surface area contributed by atoms with Crippen LogP contribution in [-0.4, -0.2) is 10.9 Å². The van der Waals surface area contributed by atoms with Crippen molar-refractivity contribution in [3.63, 3.8) is 0 Å². The van der Waals surface area contributed by atoms with Gasteiger partial charge in [0.05, 0.1) is 11.9 Å². The van der Waals surface area contributed by atoms with Crippen LogP contribution < -0.4 is 10.6 Å². The number of nitrogens with one attached hydrogen (secondary N) is 2. The number of carbonyl (C=O) groups excluding carboxylic acids is 1. The van der Waals surface area contributed by atoms with E-state index in [4.69, 9.17) is 0 Å². The van der Waals surface area contributed by atoms with Gasteiger partial charge in [0.1, 0.15) is 5.82 Å². The molecule has 3 rings (SSSR count). The van der Waals surface area contributed by atoms with Crippen molar-refractivity contribution in [1.29, 1.82) is 0 Å². The molecule has 126 valence electrons. The Morgan fingerprint density at radius 2 is 1.68 bits per heavy atom. The highest BCUT2D eigenvalue weighted by Crippen LogP contribution is 2.18. The molecule has 3 aromatic rings. The third-order valence-corrected chi connectivity index (χ3v) is 4.05. The quantitative estimate of drug-likeness (QED) is 0.695. The van der Waals surface area contributed by atoms with Crippen molar-refractivity contribution in [2.45, 2.75) is 20.3 Å². The standard InChI is InChI=1S/C21H21N3O/c1-3-16-8-10-17(11-9-16)23-18-12-13-20(22-14-18)24-21(25)19-7-5-4-6-15(19)2/h4-14,23H,3H2,1-2H3,(H,22,24,25). The molecule has 1 heterocycles. The van der Waals surface area contributed by atoms with Gasteiger partial charge < -0.3 is 10.6 Å². The van der Waals surface area contributed by atoms with Crippen LogP contribution in [0.4, 0.5) is 17.2 Å². The minimum absolute atomic E-state index is 0.151. The fraction of sp³-hybridized carbons (Fsp3) is 0.143. The average Bonchev–Trinajstić information content (AvgIpc) is 2.64. The van der Waals surface area contributed by atoms with E-state index in [2.05, 4.69) is 34.7 Å². The van der Waals surface area contributed by atoms with Crippen LogP contribution in [0.5, 0.6) is 0 Å². The maximum Gasteiger partial charge on any atom is 0.257 e. The number of rotatable bonds is 5. The van der Waals surface area contributed by atoms with E-state index in [-0.39, 0.29) is 5.91 Å². The zero-order chi connectivity index (χ0) is 17.6. The molecule has 2 aromatic carbocycles. The van der Waals surface area contributed by atoms with Gasteiger partial charge >= 0.3 is 0 Å². The Hall–Kier alpha value is -3.14. The number of benzene rings is 2. The van der Waals surface area contributed by atoms with E-state index in [9.17, 15) is 4.79 Å². The van der Waals surface area contributed by atoms with Crippen LogP contribution in [0.2, 0.25) is 0 Å². The lowest BCUT2D eigenvalue weighted by Crippen LogP contribution is -2.14. The van der Waals surface area contributed by atoms with E-state index >= 15 is 0 Å². The number of amides is 1. The molecule has 0 radical (unpaired) electrons. The number of hydrogen-bond donors (Lipinski definition) is 2. The first-order valence-corrected chi connectivity index (χ1v) is 8.34. The molecule has 0 saturated carbocycles. The second kappa shape index (κ2) is 7.62. The van der Waals surface area contributed by atoms with Gasteiger partial charge in [-0.1, -0.05) is 37.3 Å². The van der Waals surface area contributed by atoms with E-state index < -0.39 is 0 Å². The Morgan fingerprint density at radius 1 is 0.960 bits per heavy atom. The van der Waals surface area contributed by atoms with Crippen molar-refractivity contribution in [2.75, 3.05) is 10.6 Å². The fourth-order valence-electron chi connectivity index (χ4n) is 2.54. The first-order valence-electron chi connectivity index (χ1n) is 8.34. The van der Waals surface area contributed by atoms with Gasteiger partial charge in [0.25, 0.3) is 5.91 Å². The zero-order valence-corrected chi connectivity index (χ0v) is 14.4. The van der Waals surface area contributed by atoms with Crippen molar-refractivity contribution >= 4 is 23.1 Å². The van der Waals surface area contributed by atoms with Gasteiger partial charge in [-0.25, -0.2) is 4.98 Å². The lowest BCUT2D eigenvalue weighted by atomic mass is 10.1. The molecule has 0 aliphatic carbocycles. The Kier molecular flexibility index (Phi) is 5.09. The molecule has 25 heavy (non-hydrogen) atoms. The second-order valence-corrected chi connectivity index (χ2v) is 5.88. The predicted octanol–water partition coefficient (Wildman–Crippen LogP) is 4.95. The molecule has 0 unspecified atom stereocenters. The SMILES string of the molecule is CCc1ccc(Nc2ccc(NC(=O)c3ccccc3C)nc2)cc1. The largest absolute Gasteiger partial charge is 0.354 e. The molecule has 0 fully saturated rings. The van der Waals surface area contributed by atoms with Crippen LogP contribution in [-0.2, 0) is 6.42 Å². The number of pyridine rings is 1. The molecule has 0 aliphatic rings. The van der Waals surface area contributed by atoms with Gasteiger partial charge in [-0.2, -0.15) is 0 Å². The summed E-state index contributed by atoms with van der Waals surface area (Å²) in [5.41, 5.74) is 4.78. The smallest absolute Gasteiger partial charge is 0.257 e. The van der Waals surface area contributed by atoms with Gasteiger partial charge in [-0.3, -0.25) is 4.79 Å².